The third kappa shape index (κ3) is 7.62. The summed E-state index contributed by atoms with van der Waals surface area (Å²) in [5, 5.41) is 35.6. The second-order valence-electron chi connectivity index (χ2n) is 16.2. The average molecular weight is 889 g/mol. The molecule has 66 heavy (non-hydrogen) atoms. The number of cyclic esters (lactones) is 1. The van der Waals surface area contributed by atoms with Gasteiger partial charge < -0.3 is 29.7 Å². The number of imide groups is 1. The Balaban J connectivity index is 1.27. The Bertz CT molecular complexity index is 2760. The Kier molecular flexibility index (Phi) is 12.1. The van der Waals surface area contributed by atoms with Crippen LogP contribution in [0.4, 0.5) is 16.2 Å². The number of nitrogens with one attached hydrogen (secondary N) is 1. The number of aliphatic hydroxyl groups is 2. The number of ether oxygens (including phenoxy) is 3. The Morgan fingerprint density at radius 2 is 1.41 bits per heavy atom. The van der Waals surface area contributed by atoms with Crippen LogP contribution in [0.5, 0.6) is 5.75 Å². The fourth-order valence-corrected chi connectivity index (χ4v) is 9.83. The van der Waals surface area contributed by atoms with Gasteiger partial charge in [0.1, 0.15) is 36.5 Å². The lowest BCUT2D eigenvalue weighted by atomic mass is 9.65. The number of hydrogen-bond donors (Lipinski definition) is 3. The van der Waals surface area contributed by atoms with E-state index in [0.29, 0.717) is 27.8 Å². The van der Waals surface area contributed by atoms with Crippen LogP contribution < -0.4 is 15.0 Å². The number of hydrogen-bond acceptors (Lipinski definition) is 12. The lowest BCUT2D eigenvalue weighted by Crippen LogP contribution is -2.56. The molecule has 0 bridgehead atoms. The second kappa shape index (κ2) is 18.4. The zero-order valence-electron chi connectivity index (χ0n) is 35.3. The van der Waals surface area contributed by atoms with Crippen molar-refractivity contribution in [2.75, 3.05) is 24.7 Å². The predicted molar refractivity (Wildman–Crippen MR) is 239 cm³/mol. The molecule has 0 radical (unpaired) electrons. The van der Waals surface area contributed by atoms with Gasteiger partial charge >= 0.3 is 12.1 Å². The number of nitrogens with zero attached hydrogens (tertiary/aromatic N) is 3. The number of esters is 1. The SMILES string of the molecule is O=C1O[C@@H](c2ccccc2)[C@@H](c2ccccc2)N2[C@@H](c3ccccc3OCCO)[C@]3(C(=O)N(C(=O)OCc4ccc([N+](=O)[O-])cc4)c4ccccc43)[C@@H](C(=O)NC[C@H](O)c3ccccc3)[C@H]12. The number of non-ortho nitro benzene ring substituents is 1. The number of fused-ring (bicyclic) bond motifs is 3. The molecular formula is C51H44N4O11. The molecule has 15 heteroatoms. The van der Waals surface area contributed by atoms with Gasteiger partial charge in [-0.3, -0.25) is 29.4 Å². The first-order valence-corrected chi connectivity index (χ1v) is 21.4. The maximum atomic E-state index is 16.2. The smallest absolute Gasteiger partial charge is 0.421 e. The predicted octanol–water partition coefficient (Wildman–Crippen LogP) is 6.82. The summed E-state index contributed by atoms with van der Waals surface area (Å²) in [5.74, 6) is -3.84. The summed E-state index contributed by atoms with van der Waals surface area (Å²) in [6.07, 6.45) is -3.25. The molecule has 334 valence electrons. The number of para-hydroxylation sites is 2. The van der Waals surface area contributed by atoms with Crippen molar-refractivity contribution in [3.63, 3.8) is 0 Å². The molecule has 0 saturated carbocycles. The summed E-state index contributed by atoms with van der Waals surface area (Å²) in [5.41, 5.74) is 0.687. The molecule has 3 heterocycles. The minimum absolute atomic E-state index is 0.0983. The normalized spacial score (nSPS) is 22.5. The highest BCUT2D eigenvalue weighted by Crippen LogP contribution is 2.66. The van der Waals surface area contributed by atoms with Crippen molar-refractivity contribution in [3.05, 3.63) is 207 Å². The summed E-state index contributed by atoms with van der Waals surface area (Å²) in [7, 11) is 0. The van der Waals surface area contributed by atoms with Crippen LogP contribution in [0, 0.1) is 16.0 Å². The molecule has 2 fully saturated rings. The van der Waals surface area contributed by atoms with E-state index in [1.165, 1.54) is 24.3 Å². The molecule has 0 aromatic heterocycles. The molecular weight excluding hydrogens is 845 g/mol. The lowest BCUT2D eigenvalue weighted by Gasteiger charge is -2.46. The third-order valence-corrected chi connectivity index (χ3v) is 12.6. The molecule has 6 aromatic rings. The van der Waals surface area contributed by atoms with E-state index >= 15 is 14.4 Å². The quantitative estimate of drug-likeness (QED) is 0.0623. The third-order valence-electron chi connectivity index (χ3n) is 12.6. The summed E-state index contributed by atoms with van der Waals surface area (Å²) in [4.78, 5) is 75.1. The number of anilines is 1. The van der Waals surface area contributed by atoms with Crippen LogP contribution >= 0.6 is 0 Å². The number of aliphatic hydroxyl groups excluding tert-OH is 2. The van der Waals surface area contributed by atoms with Gasteiger partial charge in [0.15, 0.2) is 0 Å². The van der Waals surface area contributed by atoms with E-state index in [1.54, 1.807) is 78.9 Å². The standard InChI is InChI=1S/C51H44N4O11/c56-28-29-64-41-23-13-10-20-37(41)46-51(38-21-11-12-22-39(38)53(49(51)60)50(61)65-31-32-24-26-36(27-25-32)55(62)63)42(47(58)52-30-40(57)33-14-4-1-5-15-33)44-48(59)66-45(35-18-8-3-9-19-35)43(54(44)46)34-16-6-2-7-17-34/h1-27,40,42-46,56-57H,28-31H2,(H,52,58)/t40-,42+,43+,44+,45-,46-,51+/m0/s1. The first-order chi connectivity index (χ1) is 32.1. The molecule has 3 aliphatic heterocycles. The molecule has 6 aromatic carbocycles. The van der Waals surface area contributed by atoms with E-state index in [9.17, 15) is 25.1 Å². The van der Waals surface area contributed by atoms with E-state index < -0.39 is 70.5 Å². The minimum Gasteiger partial charge on any atom is -0.491 e. The first-order valence-electron chi connectivity index (χ1n) is 21.4. The number of carbonyl (C=O) groups is 4. The molecule has 3 N–H and O–H groups in total. The van der Waals surface area contributed by atoms with E-state index in [2.05, 4.69) is 5.32 Å². The van der Waals surface area contributed by atoms with Crippen molar-refractivity contribution >= 4 is 35.3 Å². The van der Waals surface area contributed by atoms with Crippen molar-refractivity contribution in [3.8, 4) is 5.75 Å². The van der Waals surface area contributed by atoms with Gasteiger partial charge in [0.05, 0.1) is 41.3 Å². The number of carbonyl (C=O) groups excluding carboxylic acids is 4. The van der Waals surface area contributed by atoms with Crippen LogP contribution in [0.1, 0.15) is 57.7 Å². The first kappa shape index (κ1) is 43.5. The molecule has 3 amide bonds. The fraction of sp³-hybridized carbons (Fsp3) is 0.216. The summed E-state index contributed by atoms with van der Waals surface area (Å²) < 4.78 is 18.5. The zero-order chi connectivity index (χ0) is 46.0. The van der Waals surface area contributed by atoms with Crippen molar-refractivity contribution in [2.45, 2.75) is 42.4 Å². The molecule has 3 aliphatic rings. The number of nitro groups is 1. The minimum atomic E-state index is -2.12. The Labute approximate surface area is 378 Å². The highest BCUT2D eigenvalue weighted by atomic mass is 16.6. The van der Waals surface area contributed by atoms with Crippen molar-refractivity contribution in [2.24, 2.45) is 5.92 Å². The molecule has 7 atom stereocenters. The monoisotopic (exact) mass is 888 g/mol. The second-order valence-corrected chi connectivity index (χ2v) is 16.2. The summed E-state index contributed by atoms with van der Waals surface area (Å²) in [6.45, 7) is -1.15. The van der Waals surface area contributed by atoms with Gasteiger partial charge in [0, 0.05) is 24.2 Å². The van der Waals surface area contributed by atoms with Gasteiger partial charge in [-0.25, -0.2) is 9.69 Å². The average Bonchev–Trinajstić information content (AvgIpc) is 3.81. The van der Waals surface area contributed by atoms with Crippen molar-refractivity contribution in [1.82, 2.24) is 10.2 Å². The van der Waals surface area contributed by atoms with E-state index in [1.807, 2.05) is 65.6 Å². The summed E-state index contributed by atoms with van der Waals surface area (Å²) in [6, 6.07) is 42.3. The van der Waals surface area contributed by atoms with Crippen LogP contribution in [0.25, 0.3) is 0 Å². The van der Waals surface area contributed by atoms with Crippen LogP contribution in [-0.2, 0) is 35.9 Å². The summed E-state index contributed by atoms with van der Waals surface area (Å²) >= 11 is 0. The number of amides is 3. The van der Waals surface area contributed by atoms with E-state index in [-0.39, 0.29) is 49.1 Å². The Morgan fingerprint density at radius 1 is 0.788 bits per heavy atom. The largest absolute Gasteiger partial charge is 0.491 e. The Hall–Kier alpha value is -7.72. The number of benzene rings is 6. The highest BCUT2D eigenvalue weighted by Gasteiger charge is 2.76. The van der Waals surface area contributed by atoms with E-state index in [4.69, 9.17) is 14.2 Å². The van der Waals surface area contributed by atoms with Gasteiger partial charge in [-0.1, -0.05) is 127 Å². The maximum absolute atomic E-state index is 16.2. The zero-order valence-corrected chi connectivity index (χ0v) is 35.3. The molecule has 9 rings (SSSR count). The molecule has 15 nitrogen and oxygen atoms in total. The van der Waals surface area contributed by atoms with Gasteiger partial charge in [0.25, 0.3) is 5.69 Å². The molecule has 2 saturated heterocycles. The topological polar surface area (TPSA) is 198 Å². The highest BCUT2D eigenvalue weighted by molar-refractivity contribution is 6.23. The molecule has 1 spiro atoms. The van der Waals surface area contributed by atoms with Gasteiger partial charge in [-0.2, -0.15) is 0 Å². The molecule has 0 unspecified atom stereocenters. The van der Waals surface area contributed by atoms with E-state index in [0.717, 1.165) is 4.90 Å². The van der Waals surface area contributed by atoms with Crippen LogP contribution in [0.3, 0.4) is 0 Å². The number of nitro benzene ring substituents is 1. The van der Waals surface area contributed by atoms with Crippen LogP contribution in [-0.4, -0.2) is 69.7 Å². The fourth-order valence-electron chi connectivity index (χ4n) is 9.83. The number of morpholine rings is 1. The van der Waals surface area contributed by atoms with Crippen molar-refractivity contribution in [1.29, 1.82) is 0 Å². The van der Waals surface area contributed by atoms with Gasteiger partial charge in [-0.05, 0) is 52.1 Å². The molecule has 0 aliphatic carbocycles. The Morgan fingerprint density at radius 3 is 2.09 bits per heavy atom. The van der Waals surface area contributed by atoms with Crippen LogP contribution in [0.15, 0.2) is 164 Å². The van der Waals surface area contributed by atoms with Gasteiger partial charge in [-0.15, -0.1) is 0 Å². The number of rotatable bonds is 13. The van der Waals surface area contributed by atoms with Gasteiger partial charge in [0.2, 0.25) is 11.8 Å². The lowest BCUT2D eigenvalue weighted by molar-refractivity contribution is -0.384. The maximum Gasteiger partial charge on any atom is 0.421 e. The van der Waals surface area contributed by atoms with Crippen LogP contribution in [0.2, 0.25) is 0 Å². The van der Waals surface area contributed by atoms with Crippen molar-refractivity contribution < 1.29 is 48.5 Å².